The van der Waals surface area contributed by atoms with Gasteiger partial charge in [0.05, 0.1) is 0 Å². The minimum Gasteiger partial charge on any atom is -0.315 e. The molecule has 1 unspecified atom stereocenters. The second kappa shape index (κ2) is 18.3. The summed E-state index contributed by atoms with van der Waals surface area (Å²) in [6.45, 7) is 9.56. The molecule has 0 radical (unpaired) electrons. The number of aromatic nitrogens is 1. The number of benzene rings is 1. The van der Waals surface area contributed by atoms with Crippen LogP contribution in [0.5, 0.6) is 0 Å². The first kappa shape index (κ1) is 25.9. The molecular formula is C25H43N5S. The van der Waals surface area contributed by atoms with Crippen molar-refractivity contribution in [2.75, 3.05) is 32.7 Å². The van der Waals surface area contributed by atoms with E-state index in [9.17, 15) is 0 Å². The van der Waals surface area contributed by atoms with E-state index < -0.39 is 0 Å². The Labute approximate surface area is 193 Å². The van der Waals surface area contributed by atoms with Crippen LogP contribution in [0, 0.1) is 0 Å². The summed E-state index contributed by atoms with van der Waals surface area (Å²) in [5.41, 5.74) is 1.37. The van der Waals surface area contributed by atoms with E-state index in [-0.39, 0.29) is 0 Å². The zero-order valence-electron chi connectivity index (χ0n) is 19.4. The van der Waals surface area contributed by atoms with Crippen LogP contribution in [-0.4, -0.2) is 43.7 Å². The molecular weight excluding hydrogens is 402 g/mol. The van der Waals surface area contributed by atoms with Gasteiger partial charge in [-0.25, -0.2) is 4.98 Å². The van der Waals surface area contributed by atoms with E-state index in [1.807, 2.05) is 11.6 Å². The maximum Gasteiger partial charge on any atom is 0.106 e. The zero-order valence-corrected chi connectivity index (χ0v) is 20.2. The lowest BCUT2D eigenvalue weighted by molar-refractivity contribution is 0.437. The number of nitrogens with zero attached hydrogens (tertiary/aromatic N) is 1. The van der Waals surface area contributed by atoms with E-state index in [4.69, 9.17) is 0 Å². The Morgan fingerprint density at radius 2 is 1.55 bits per heavy atom. The lowest BCUT2D eigenvalue weighted by Crippen LogP contribution is -2.31. The molecule has 2 aromatic rings. The highest BCUT2D eigenvalue weighted by atomic mass is 32.1. The first-order valence-corrected chi connectivity index (χ1v) is 13.0. The van der Waals surface area contributed by atoms with Crippen LogP contribution in [0.1, 0.15) is 62.4 Å². The number of rotatable bonds is 20. The van der Waals surface area contributed by atoms with Gasteiger partial charge in [0.2, 0.25) is 0 Å². The molecule has 6 heteroatoms. The Bertz CT molecular complexity index is 620. The molecule has 0 aliphatic heterocycles. The van der Waals surface area contributed by atoms with Gasteiger partial charge in [-0.2, -0.15) is 0 Å². The first-order valence-electron chi connectivity index (χ1n) is 12.2. The summed E-state index contributed by atoms with van der Waals surface area (Å²) in [4.78, 5) is 4.28. The zero-order chi connectivity index (χ0) is 21.8. The van der Waals surface area contributed by atoms with Crippen molar-refractivity contribution < 1.29 is 0 Å². The number of hydrogen-bond donors (Lipinski definition) is 4. The quantitative estimate of drug-likeness (QED) is 0.229. The summed E-state index contributed by atoms with van der Waals surface area (Å²) in [5, 5.41) is 17.5. The van der Waals surface area contributed by atoms with Crippen molar-refractivity contribution in [2.24, 2.45) is 0 Å². The van der Waals surface area contributed by atoms with Crippen LogP contribution in [0.25, 0.3) is 0 Å². The molecule has 174 valence electrons. The van der Waals surface area contributed by atoms with Crippen LogP contribution < -0.4 is 21.3 Å². The monoisotopic (exact) mass is 445 g/mol. The molecule has 0 amide bonds. The van der Waals surface area contributed by atoms with Gasteiger partial charge in [-0.05, 0) is 57.3 Å². The molecule has 0 bridgehead atoms. The molecule has 1 atom stereocenters. The molecule has 31 heavy (non-hydrogen) atoms. The fourth-order valence-electron chi connectivity index (χ4n) is 3.62. The van der Waals surface area contributed by atoms with Gasteiger partial charge in [-0.3, -0.25) is 0 Å². The molecule has 2 rings (SSSR count). The van der Waals surface area contributed by atoms with E-state index in [1.54, 1.807) is 11.3 Å². The number of hydrogen-bond acceptors (Lipinski definition) is 6. The van der Waals surface area contributed by atoms with Crippen LogP contribution in [-0.2, 0) is 13.1 Å². The maximum atomic E-state index is 4.28. The first-order chi connectivity index (χ1) is 15.4. The smallest absolute Gasteiger partial charge is 0.106 e. The third kappa shape index (κ3) is 13.7. The van der Waals surface area contributed by atoms with Crippen LogP contribution in [0.3, 0.4) is 0 Å². The minimum atomic E-state index is 0.664. The number of nitrogens with one attached hydrogen (secondary N) is 4. The minimum absolute atomic E-state index is 0.664. The van der Waals surface area contributed by atoms with Gasteiger partial charge in [0.25, 0.3) is 0 Å². The molecule has 0 saturated carbocycles. The van der Waals surface area contributed by atoms with Crippen molar-refractivity contribution in [3.05, 3.63) is 52.5 Å². The average Bonchev–Trinajstić information content (AvgIpc) is 3.32. The molecule has 1 aromatic heterocycles. The Hall–Kier alpha value is -1.31. The van der Waals surface area contributed by atoms with Crippen LogP contribution in [0.2, 0.25) is 0 Å². The Morgan fingerprint density at radius 1 is 0.806 bits per heavy atom. The van der Waals surface area contributed by atoms with Gasteiger partial charge in [-0.15, -0.1) is 11.3 Å². The number of thiazole rings is 1. The molecule has 0 fully saturated rings. The summed E-state index contributed by atoms with van der Waals surface area (Å²) < 4.78 is 0. The summed E-state index contributed by atoms with van der Waals surface area (Å²) in [7, 11) is 0. The molecule has 1 aromatic carbocycles. The highest BCUT2D eigenvalue weighted by Crippen LogP contribution is 2.04. The molecule has 1 heterocycles. The second-order valence-electron chi connectivity index (χ2n) is 8.13. The Morgan fingerprint density at radius 3 is 2.32 bits per heavy atom. The van der Waals surface area contributed by atoms with Crippen LogP contribution in [0.15, 0.2) is 41.9 Å². The highest BCUT2D eigenvalue weighted by Gasteiger charge is 2.04. The van der Waals surface area contributed by atoms with Crippen LogP contribution in [0.4, 0.5) is 0 Å². The third-order valence-corrected chi connectivity index (χ3v) is 6.30. The molecule has 0 aliphatic carbocycles. The topological polar surface area (TPSA) is 61.0 Å². The SMILES string of the molecule is CCC(CCCNCCNCc1nccs1)NCCCCCCNCc1ccccc1. The molecule has 0 spiro atoms. The molecule has 0 aliphatic rings. The van der Waals surface area contributed by atoms with Gasteiger partial charge in [0.1, 0.15) is 5.01 Å². The van der Waals surface area contributed by atoms with E-state index in [2.05, 4.69) is 63.5 Å². The van der Waals surface area contributed by atoms with Crippen molar-refractivity contribution in [3.8, 4) is 0 Å². The van der Waals surface area contributed by atoms with Crippen LogP contribution >= 0.6 is 11.3 Å². The van der Waals surface area contributed by atoms with Gasteiger partial charge in [0, 0.05) is 43.8 Å². The second-order valence-corrected chi connectivity index (χ2v) is 9.11. The van der Waals surface area contributed by atoms with E-state index >= 15 is 0 Å². The van der Waals surface area contributed by atoms with Crippen molar-refractivity contribution >= 4 is 11.3 Å². The van der Waals surface area contributed by atoms with Gasteiger partial charge < -0.3 is 21.3 Å². The van der Waals surface area contributed by atoms with Gasteiger partial charge in [-0.1, -0.05) is 50.1 Å². The summed E-state index contributed by atoms with van der Waals surface area (Å²) in [5.74, 6) is 0. The van der Waals surface area contributed by atoms with Crippen molar-refractivity contribution in [2.45, 2.75) is 71.0 Å². The normalized spacial score (nSPS) is 12.3. The fraction of sp³-hybridized carbons (Fsp3) is 0.640. The summed E-state index contributed by atoms with van der Waals surface area (Å²) >= 11 is 1.71. The lowest BCUT2D eigenvalue weighted by Gasteiger charge is -2.17. The van der Waals surface area contributed by atoms with Crippen molar-refractivity contribution in [3.63, 3.8) is 0 Å². The molecule has 4 N–H and O–H groups in total. The summed E-state index contributed by atoms with van der Waals surface area (Å²) in [6, 6.07) is 11.3. The highest BCUT2D eigenvalue weighted by molar-refractivity contribution is 7.09. The third-order valence-electron chi connectivity index (χ3n) is 5.52. The Kier molecular flexibility index (Phi) is 15.3. The van der Waals surface area contributed by atoms with Gasteiger partial charge in [0.15, 0.2) is 0 Å². The van der Waals surface area contributed by atoms with Crippen molar-refractivity contribution in [1.29, 1.82) is 0 Å². The van der Waals surface area contributed by atoms with E-state index in [1.165, 1.54) is 50.5 Å². The van der Waals surface area contributed by atoms with E-state index in [0.717, 1.165) is 50.8 Å². The Balaban J connectivity index is 1.32. The fourth-order valence-corrected chi connectivity index (χ4v) is 4.21. The van der Waals surface area contributed by atoms with E-state index in [0.29, 0.717) is 6.04 Å². The number of unbranched alkanes of at least 4 members (excludes halogenated alkanes) is 3. The molecule has 5 nitrogen and oxygen atoms in total. The summed E-state index contributed by atoms with van der Waals surface area (Å²) in [6.07, 6.45) is 10.8. The molecule has 0 saturated heterocycles. The lowest BCUT2D eigenvalue weighted by atomic mass is 10.1. The predicted octanol–water partition coefficient (Wildman–Crippen LogP) is 4.32. The largest absolute Gasteiger partial charge is 0.315 e. The standard InChI is InChI=1S/C25H43N5S/c1-2-24(13-10-15-26-17-18-28-22-25-30-19-20-31-25)29-16-9-4-3-8-14-27-21-23-11-6-5-7-12-23/h5-7,11-12,19-20,24,26-29H,2-4,8-10,13-18,21-22H2,1H3. The van der Waals surface area contributed by atoms with Crippen molar-refractivity contribution in [1.82, 2.24) is 26.3 Å². The predicted molar refractivity (Wildman–Crippen MR) is 135 cm³/mol. The van der Waals surface area contributed by atoms with Gasteiger partial charge >= 0.3 is 0 Å². The average molecular weight is 446 g/mol. The maximum absolute atomic E-state index is 4.28.